The quantitative estimate of drug-likeness (QED) is 0.728. The lowest BCUT2D eigenvalue weighted by Gasteiger charge is -2.28. The highest BCUT2D eigenvalue weighted by Gasteiger charge is 2.42. The molecular weight excluding hydrogens is 215 g/mol. The lowest BCUT2D eigenvalue weighted by Crippen LogP contribution is -2.41. The summed E-state index contributed by atoms with van der Waals surface area (Å²) in [5.74, 6) is -1.75. The maximum Gasteiger partial charge on any atom is 0.341 e. The van der Waals surface area contributed by atoms with Gasteiger partial charge < -0.3 is 15.3 Å². The van der Waals surface area contributed by atoms with Crippen molar-refractivity contribution in [1.29, 1.82) is 0 Å². The Morgan fingerprint density at radius 2 is 1.94 bits per heavy atom. The van der Waals surface area contributed by atoms with Crippen molar-refractivity contribution < 1.29 is 24.5 Å². The molecule has 0 fully saturated rings. The summed E-state index contributed by atoms with van der Waals surface area (Å²) in [7, 11) is 0. The van der Waals surface area contributed by atoms with Crippen molar-refractivity contribution >= 4 is 5.97 Å². The molecule has 0 radical (unpaired) electrons. The van der Waals surface area contributed by atoms with Crippen LogP contribution < -0.4 is 0 Å². The number of aliphatic hydroxyl groups is 1. The van der Waals surface area contributed by atoms with Gasteiger partial charge in [0.05, 0.1) is 0 Å². The number of phenols is 1. The summed E-state index contributed by atoms with van der Waals surface area (Å²) in [5.41, 5.74) is -1.94. The standard InChI is InChI=1S/C11H13FO4/c1-2-11(16,9(12)10(14)15)7-3-5-8(13)6-4-7/h3-6,9,13,16H,2H2,1H3,(H,14,15). The maximum absolute atomic E-state index is 13.4. The molecule has 0 aromatic heterocycles. The van der Waals surface area contributed by atoms with Gasteiger partial charge in [-0.15, -0.1) is 0 Å². The van der Waals surface area contributed by atoms with E-state index in [1.54, 1.807) is 0 Å². The van der Waals surface area contributed by atoms with Crippen LogP contribution in [0.5, 0.6) is 5.75 Å². The van der Waals surface area contributed by atoms with Crippen LogP contribution in [0.4, 0.5) is 4.39 Å². The average Bonchev–Trinajstić information content (AvgIpc) is 2.27. The van der Waals surface area contributed by atoms with E-state index < -0.39 is 17.7 Å². The fourth-order valence-corrected chi connectivity index (χ4v) is 1.48. The molecule has 5 heteroatoms. The van der Waals surface area contributed by atoms with Crippen LogP contribution in [0.2, 0.25) is 0 Å². The number of hydrogen-bond acceptors (Lipinski definition) is 3. The molecule has 0 aliphatic carbocycles. The second-order valence-electron chi connectivity index (χ2n) is 3.53. The largest absolute Gasteiger partial charge is 0.508 e. The van der Waals surface area contributed by atoms with Gasteiger partial charge in [-0.2, -0.15) is 0 Å². The van der Waals surface area contributed by atoms with Crippen molar-refractivity contribution in [3.05, 3.63) is 29.8 Å². The summed E-state index contributed by atoms with van der Waals surface area (Å²) in [4.78, 5) is 10.6. The number of carbonyl (C=O) groups is 1. The molecule has 0 saturated carbocycles. The highest BCUT2D eigenvalue weighted by atomic mass is 19.1. The summed E-state index contributed by atoms with van der Waals surface area (Å²) in [5, 5.41) is 27.6. The van der Waals surface area contributed by atoms with Crippen LogP contribution in [0.3, 0.4) is 0 Å². The lowest BCUT2D eigenvalue weighted by atomic mass is 9.86. The lowest BCUT2D eigenvalue weighted by molar-refractivity contribution is -0.155. The van der Waals surface area contributed by atoms with Crippen LogP contribution in [-0.2, 0) is 10.4 Å². The van der Waals surface area contributed by atoms with E-state index in [1.807, 2.05) is 0 Å². The average molecular weight is 228 g/mol. The SMILES string of the molecule is CCC(O)(c1ccc(O)cc1)C(F)C(=O)O. The zero-order valence-electron chi connectivity index (χ0n) is 8.72. The smallest absolute Gasteiger partial charge is 0.341 e. The number of carboxylic acid groups (broad SMARTS) is 1. The molecular formula is C11H13FO4. The molecule has 2 unspecified atom stereocenters. The van der Waals surface area contributed by atoms with Gasteiger partial charge in [-0.3, -0.25) is 0 Å². The molecule has 0 saturated heterocycles. The fraction of sp³-hybridized carbons (Fsp3) is 0.364. The maximum atomic E-state index is 13.4. The first-order valence-corrected chi connectivity index (χ1v) is 4.80. The normalized spacial score (nSPS) is 16.4. The van der Waals surface area contributed by atoms with Gasteiger partial charge in [-0.05, 0) is 24.1 Å². The van der Waals surface area contributed by atoms with Gasteiger partial charge in [0.2, 0.25) is 6.17 Å². The Labute approximate surface area is 92.0 Å². The fourth-order valence-electron chi connectivity index (χ4n) is 1.48. The molecule has 2 atom stereocenters. The summed E-state index contributed by atoms with van der Waals surface area (Å²) < 4.78 is 13.4. The molecule has 0 aliphatic heterocycles. The molecule has 0 amide bonds. The first kappa shape index (κ1) is 12.4. The number of alkyl halides is 1. The minimum Gasteiger partial charge on any atom is -0.508 e. The van der Waals surface area contributed by atoms with E-state index in [0.29, 0.717) is 0 Å². The Kier molecular flexibility index (Phi) is 3.49. The van der Waals surface area contributed by atoms with Crippen LogP contribution >= 0.6 is 0 Å². The van der Waals surface area contributed by atoms with Crippen LogP contribution in [-0.4, -0.2) is 27.5 Å². The van der Waals surface area contributed by atoms with E-state index in [4.69, 9.17) is 10.2 Å². The second kappa shape index (κ2) is 4.49. The van der Waals surface area contributed by atoms with Gasteiger partial charge in [-0.25, -0.2) is 9.18 Å². The molecule has 0 heterocycles. The molecule has 16 heavy (non-hydrogen) atoms. The van der Waals surface area contributed by atoms with Crippen molar-refractivity contribution in [3.63, 3.8) is 0 Å². The number of benzene rings is 1. The van der Waals surface area contributed by atoms with E-state index in [0.717, 1.165) is 0 Å². The number of aromatic hydroxyl groups is 1. The molecule has 1 rings (SSSR count). The van der Waals surface area contributed by atoms with Crippen LogP contribution in [0, 0.1) is 0 Å². The zero-order valence-corrected chi connectivity index (χ0v) is 8.72. The topological polar surface area (TPSA) is 77.8 Å². The summed E-state index contributed by atoms with van der Waals surface area (Å²) in [6.45, 7) is 1.49. The zero-order chi connectivity index (χ0) is 12.3. The van der Waals surface area contributed by atoms with E-state index in [2.05, 4.69) is 0 Å². The van der Waals surface area contributed by atoms with Gasteiger partial charge in [0.25, 0.3) is 0 Å². The minimum atomic E-state index is -2.40. The molecule has 3 N–H and O–H groups in total. The summed E-state index contributed by atoms with van der Waals surface area (Å²) >= 11 is 0. The van der Waals surface area contributed by atoms with E-state index in [-0.39, 0.29) is 17.7 Å². The number of aliphatic carboxylic acids is 1. The number of hydrogen-bond donors (Lipinski definition) is 3. The Morgan fingerprint density at radius 3 is 2.31 bits per heavy atom. The van der Waals surface area contributed by atoms with Crippen LogP contribution in [0.15, 0.2) is 24.3 Å². The Morgan fingerprint density at radius 1 is 1.44 bits per heavy atom. The van der Waals surface area contributed by atoms with Crippen molar-refractivity contribution in [2.45, 2.75) is 25.1 Å². The molecule has 4 nitrogen and oxygen atoms in total. The van der Waals surface area contributed by atoms with Gasteiger partial charge in [0.1, 0.15) is 11.4 Å². The van der Waals surface area contributed by atoms with Crippen molar-refractivity contribution in [1.82, 2.24) is 0 Å². The van der Waals surface area contributed by atoms with Crippen LogP contribution in [0.1, 0.15) is 18.9 Å². The number of phenolic OH excluding ortho intramolecular Hbond substituents is 1. The summed E-state index contributed by atoms with van der Waals surface area (Å²) in [6, 6.07) is 5.14. The molecule has 0 bridgehead atoms. The van der Waals surface area contributed by atoms with Gasteiger partial charge in [-0.1, -0.05) is 19.1 Å². The van der Waals surface area contributed by atoms with Crippen molar-refractivity contribution in [3.8, 4) is 5.75 Å². The Hall–Kier alpha value is -1.62. The second-order valence-corrected chi connectivity index (χ2v) is 3.53. The third-order valence-electron chi connectivity index (χ3n) is 2.54. The monoisotopic (exact) mass is 228 g/mol. The first-order valence-electron chi connectivity index (χ1n) is 4.80. The van der Waals surface area contributed by atoms with Crippen LogP contribution in [0.25, 0.3) is 0 Å². The minimum absolute atomic E-state index is 0.0343. The van der Waals surface area contributed by atoms with E-state index in [1.165, 1.54) is 31.2 Å². The molecule has 0 aliphatic rings. The number of carboxylic acids is 1. The highest BCUT2D eigenvalue weighted by Crippen LogP contribution is 2.31. The predicted octanol–water partition coefficient (Wildman–Crippen LogP) is 1.41. The molecule has 0 spiro atoms. The van der Waals surface area contributed by atoms with Gasteiger partial charge >= 0.3 is 5.97 Å². The number of rotatable bonds is 4. The molecule has 88 valence electrons. The van der Waals surface area contributed by atoms with Crippen molar-refractivity contribution in [2.75, 3.05) is 0 Å². The number of halogens is 1. The van der Waals surface area contributed by atoms with Gasteiger partial charge in [0, 0.05) is 0 Å². The highest BCUT2D eigenvalue weighted by molar-refractivity contribution is 5.74. The predicted molar refractivity (Wildman–Crippen MR) is 54.8 cm³/mol. The Balaban J connectivity index is 3.14. The summed E-state index contributed by atoms with van der Waals surface area (Å²) in [6.07, 6.45) is -2.48. The van der Waals surface area contributed by atoms with E-state index >= 15 is 0 Å². The Bertz CT molecular complexity index is 376. The third kappa shape index (κ3) is 2.14. The molecule has 1 aromatic carbocycles. The van der Waals surface area contributed by atoms with Crippen molar-refractivity contribution in [2.24, 2.45) is 0 Å². The van der Waals surface area contributed by atoms with Gasteiger partial charge in [0.15, 0.2) is 0 Å². The van der Waals surface area contributed by atoms with E-state index in [9.17, 15) is 14.3 Å². The third-order valence-corrected chi connectivity index (χ3v) is 2.54. The first-order chi connectivity index (χ1) is 7.41. The molecule has 1 aromatic rings.